The van der Waals surface area contributed by atoms with Gasteiger partial charge in [0.1, 0.15) is 0 Å². The van der Waals surface area contributed by atoms with Crippen LogP contribution in [0.3, 0.4) is 0 Å². The number of carbonyl (C=O) groups excluding carboxylic acids is 1. The summed E-state index contributed by atoms with van der Waals surface area (Å²) in [5, 5.41) is 0.160. The molecule has 1 aromatic carbocycles. The monoisotopic (exact) mass is 292 g/mol. The lowest BCUT2D eigenvalue weighted by molar-refractivity contribution is 0.0846. The maximum absolute atomic E-state index is 12.3. The minimum Gasteiger partial charge on any atom is -0.376 e. The van der Waals surface area contributed by atoms with E-state index in [1.165, 1.54) is 30.6 Å². The van der Waals surface area contributed by atoms with Crippen LogP contribution in [0.2, 0.25) is 0 Å². The molecule has 2 N–H and O–H groups in total. The predicted molar refractivity (Wildman–Crippen MR) is 87.6 cm³/mol. The van der Waals surface area contributed by atoms with Crippen molar-refractivity contribution < 1.29 is 4.79 Å². The summed E-state index contributed by atoms with van der Waals surface area (Å²) in [4.78, 5) is 13.8. The molecule has 1 rings (SSSR count). The van der Waals surface area contributed by atoms with Gasteiger partial charge in [0.25, 0.3) is 5.91 Å². The highest BCUT2D eigenvalue weighted by Crippen LogP contribution is 2.09. The Morgan fingerprint density at radius 3 is 2.30 bits per heavy atom. The van der Waals surface area contributed by atoms with E-state index in [1.54, 1.807) is 12.1 Å². The molecule has 0 saturated heterocycles. The smallest absolute Gasteiger partial charge is 0.260 e. The number of hydrogen-bond acceptors (Lipinski definition) is 2. The molecule has 110 valence electrons. The minimum atomic E-state index is -0.105. The first-order valence-electron chi connectivity index (χ1n) is 7.33. The van der Waals surface area contributed by atoms with E-state index in [1.807, 2.05) is 18.2 Å². The maximum Gasteiger partial charge on any atom is 0.260 e. The average molecular weight is 292 g/mol. The van der Waals surface area contributed by atoms with Crippen molar-refractivity contribution in [3.63, 3.8) is 0 Å². The fraction of sp³-hybridized carbons (Fsp3) is 0.500. The Labute approximate surface area is 127 Å². The van der Waals surface area contributed by atoms with Gasteiger partial charge in [0, 0.05) is 12.1 Å². The van der Waals surface area contributed by atoms with Gasteiger partial charge in [-0.05, 0) is 30.8 Å². The van der Waals surface area contributed by atoms with E-state index in [0.717, 1.165) is 12.8 Å². The number of nitrogens with two attached hydrogens (primary N) is 1. The number of thiocarbonyl (C=S) groups is 1. The first kappa shape index (κ1) is 16.6. The number of hydrogen-bond donors (Lipinski definition) is 1. The topological polar surface area (TPSA) is 46.3 Å². The SMILES string of the molecule is CCCCCCCCN(C(=O)c1ccccc1)C(N)=S. The summed E-state index contributed by atoms with van der Waals surface area (Å²) in [7, 11) is 0. The van der Waals surface area contributed by atoms with Gasteiger partial charge in [-0.15, -0.1) is 0 Å². The Bertz CT molecular complexity index is 420. The van der Waals surface area contributed by atoms with Crippen LogP contribution in [0.5, 0.6) is 0 Å². The number of nitrogens with zero attached hydrogens (tertiary/aromatic N) is 1. The molecule has 1 aromatic rings. The average Bonchev–Trinajstić information content (AvgIpc) is 2.46. The van der Waals surface area contributed by atoms with Crippen LogP contribution in [0, 0.1) is 0 Å². The summed E-state index contributed by atoms with van der Waals surface area (Å²) >= 11 is 5.00. The van der Waals surface area contributed by atoms with Gasteiger partial charge < -0.3 is 5.73 Å². The summed E-state index contributed by atoms with van der Waals surface area (Å²) in [6.07, 6.45) is 7.04. The standard InChI is InChI=1S/C16H24N2OS/c1-2-3-4-5-6-10-13-18(16(17)20)15(19)14-11-8-7-9-12-14/h7-9,11-12H,2-6,10,13H2,1H3,(H2,17,20). The Morgan fingerprint density at radius 1 is 1.10 bits per heavy atom. The fourth-order valence-corrected chi connectivity index (χ4v) is 2.27. The van der Waals surface area contributed by atoms with Crippen LogP contribution in [-0.2, 0) is 0 Å². The zero-order chi connectivity index (χ0) is 14.8. The molecule has 0 spiro atoms. The highest BCUT2D eigenvalue weighted by molar-refractivity contribution is 7.80. The van der Waals surface area contributed by atoms with Crippen molar-refractivity contribution in [1.29, 1.82) is 0 Å². The van der Waals surface area contributed by atoms with Gasteiger partial charge in [-0.3, -0.25) is 9.69 Å². The van der Waals surface area contributed by atoms with Gasteiger partial charge >= 0.3 is 0 Å². The molecule has 0 aliphatic heterocycles. The molecule has 0 bridgehead atoms. The largest absolute Gasteiger partial charge is 0.376 e. The summed E-state index contributed by atoms with van der Waals surface area (Å²) in [5.74, 6) is -0.105. The van der Waals surface area contributed by atoms with Crippen LogP contribution >= 0.6 is 12.2 Å². The maximum atomic E-state index is 12.3. The Kier molecular flexibility index (Phi) is 7.88. The Balaban J connectivity index is 2.45. The van der Waals surface area contributed by atoms with Crippen molar-refractivity contribution in [3.05, 3.63) is 35.9 Å². The molecule has 0 aliphatic carbocycles. The lowest BCUT2D eigenvalue weighted by atomic mass is 10.1. The van der Waals surface area contributed by atoms with Gasteiger partial charge in [-0.1, -0.05) is 57.2 Å². The summed E-state index contributed by atoms with van der Waals surface area (Å²) in [6, 6.07) is 9.14. The number of unbranched alkanes of at least 4 members (excludes halogenated alkanes) is 5. The van der Waals surface area contributed by atoms with E-state index in [4.69, 9.17) is 18.0 Å². The Hall–Kier alpha value is -1.42. The molecule has 0 heterocycles. The number of carbonyl (C=O) groups is 1. The molecule has 20 heavy (non-hydrogen) atoms. The lowest BCUT2D eigenvalue weighted by Crippen LogP contribution is -2.41. The summed E-state index contributed by atoms with van der Waals surface area (Å²) in [5.41, 5.74) is 6.30. The van der Waals surface area contributed by atoms with Gasteiger partial charge in [0.05, 0.1) is 0 Å². The minimum absolute atomic E-state index is 0.105. The van der Waals surface area contributed by atoms with Crippen LogP contribution in [0.15, 0.2) is 30.3 Å². The third kappa shape index (κ3) is 5.70. The first-order valence-corrected chi connectivity index (χ1v) is 7.74. The molecule has 0 fully saturated rings. The van der Waals surface area contributed by atoms with Crippen LogP contribution in [0.1, 0.15) is 55.8 Å². The molecule has 0 radical (unpaired) electrons. The van der Waals surface area contributed by atoms with Crippen molar-refractivity contribution >= 4 is 23.2 Å². The third-order valence-corrected chi connectivity index (χ3v) is 3.49. The van der Waals surface area contributed by atoms with E-state index in [0.29, 0.717) is 12.1 Å². The van der Waals surface area contributed by atoms with Crippen LogP contribution in [-0.4, -0.2) is 22.5 Å². The lowest BCUT2D eigenvalue weighted by Gasteiger charge is -2.20. The number of amides is 1. The quantitative estimate of drug-likeness (QED) is 0.586. The van der Waals surface area contributed by atoms with E-state index in [-0.39, 0.29) is 11.0 Å². The van der Waals surface area contributed by atoms with Crippen molar-refractivity contribution in [1.82, 2.24) is 4.90 Å². The van der Waals surface area contributed by atoms with Crippen molar-refractivity contribution in [2.75, 3.05) is 6.54 Å². The van der Waals surface area contributed by atoms with Crippen LogP contribution < -0.4 is 5.73 Å². The van der Waals surface area contributed by atoms with E-state index < -0.39 is 0 Å². The summed E-state index contributed by atoms with van der Waals surface area (Å²) < 4.78 is 0. The fourth-order valence-electron chi connectivity index (χ4n) is 2.10. The van der Waals surface area contributed by atoms with E-state index >= 15 is 0 Å². The molecular weight excluding hydrogens is 268 g/mol. The molecule has 0 aliphatic rings. The highest BCUT2D eigenvalue weighted by atomic mass is 32.1. The Morgan fingerprint density at radius 2 is 1.70 bits per heavy atom. The van der Waals surface area contributed by atoms with Gasteiger partial charge in [-0.25, -0.2) is 0 Å². The van der Waals surface area contributed by atoms with Crippen molar-refractivity contribution in [2.24, 2.45) is 5.73 Å². The zero-order valence-corrected chi connectivity index (χ0v) is 13.0. The molecule has 0 aromatic heterocycles. The van der Waals surface area contributed by atoms with E-state index in [2.05, 4.69) is 6.92 Å². The van der Waals surface area contributed by atoms with Gasteiger partial charge in [-0.2, -0.15) is 0 Å². The van der Waals surface area contributed by atoms with E-state index in [9.17, 15) is 4.79 Å². The molecular formula is C16H24N2OS. The normalized spacial score (nSPS) is 10.2. The molecule has 0 atom stereocenters. The van der Waals surface area contributed by atoms with Crippen LogP contribution in [0.25, 0.3) is 0 Å². The van der Waals surface area contributed by atoms with Crippen molar-refractivity contribution in [3.8, 4) is 0 Å². The second kappa shape index (κ2) is 9.48. The highest BCUT2D eigenvalue weighted by Gasteiger charge is 2.17. The van der Waals surface area contributed by atoms with Gasteiger partial charge in [0.15, 0.2) is 5.11 Å². The van der Waals surface area contributed by atoms with Crippen LogP contribution in [0.4, 0.5) is 0 Å². The second-order valence-corrected chi connectivity index (χ2v) is 5.35. The second-order valence-electron chi connectivity index (χ2n) is 4.93. The van der Waals surface area contributed by atoms with Gasteiger partial charge in [0.2, 0.25) is 0 Å². The molecule has 3 nitrogen and oxygen atoms in total. The molecule has 0 unspecified atom stereocenters. The number of benzene rings is 1. The molecule has 4 heteroatoms. The predicted octanol–water partition coefficient (Wildman–Crippen LogP) is 3.73. The molecule has 0 saturated carbocycles. The summed E-state index contributed by atoms with van der Waals surface area (Å²) in [6.45, 7) is 2.81. The first-order chi connectivity index (χ1) is 9.66. The zero-order valence-electron chi connectivity index (χ0n) is 12.2. The number of rotatable bonds is 8. The molecule has 1 amide bonds. The third-order valence-electron chi connectivity index (χ3n) is 3.27. The van der Waals surface area contributed by atoms with Crippen molar-refractivity contribution in [2.45, 2.75) is 45.4 Å².